The first-order chi connectivity index (χ1) is 26.2. The Kier molecular flexibility index (Phi) is 6.72. The highest BCUT2D eigenvalue weighted by Crippen LogP contribution is 2.47. The summed E-state index contributed by atoms with van der Waals surface area (Å²) in [5, 5.41) is 10.1. The van der Waals surface area contributed by atoms with Crippen molar-refractivity contribution in [3.8, 4) is 55.6 Å². The minimum atomic E-state index is 0.973. The molecule has 0 aromatic heterocycles. The highest BCUT2D eigenvalue weighted by molar-refractivity contribution is 6.22. The van der Waals surface area contributed by atoms with Gasteiger partial charge >= 0.3 is 0 Å². The third-order valence-electron chi connectivity index (χ3n) is 11.4. The first-order valence-electron chi connectivity index (χ1n) is 18.5. The Morgan fingerprint density at radius 3 is 1.47 bits per heavy atom. The molecule has 53 heavy (non-hydrogen) atoms. The van der Waals surface area contributed by atoms with Crippen molar-refractivity contribution in [1.82, 2.24) is 0 Å². The van der Waals surface area contributed by atoms with E-state index in [2.05, 4.69) is 194 Å². The van der Waals surface area contributed by atoms with E-state index in [4.69, 9.17) is 0 Å². The minimum Gasteiger partial charge on any atom is -0.0619 e. The van der Waals surface area contributed by atoms with Crippen molar-refractivity contribution < 1.29 is 0 Å². The lowest BCUT2D eigenvalue weighted by atomic mass is 9.83. The molecular weight excluding hydrogens is 637 g/mol. The molecule has 0 radical (unpaired) electrons. The summed E-state index contributed by atoms with van der Waals surface area (Å²) in [6.07, 6.45) is 0.973. The van der Waals surface area contributed by atoms with Gasteiger partial charge in [0.05, 0.1) is 0 Å². The van der Waals surface area contributed by atoms with E-state index in [1.54, 1.807) is 0 Å². The molecule has 10 aromatic rings. The molecule has 0 N–H and O–H groups in total. The van der Waals surface area contributed by atoms with Crippen LogP contribution in [0.15, 0.2) is 194 Å². The van der Waals surface area contributed by atoms with Crippen LogP contribution in [0.3, 0.4) is 0 Å². The van der Waals surface area contributed by atoms with Gasteiger partial charge in [-0.3, -0.25) is 0 Å². The van der Waals surface area contributed by atoms with Crippen LogP contribution in [0.25, 0.3) is 98.7 Å². The van der Waals surface area contributed by atoms with Gasteiger partial charge in [-0.15, -0.1) is 0 Å². The van der Waals surface area contributed by atoms with Crippen molar-refractivity contribution in [3.05, 3.63) is 205 Å². The molecule has 0 saturated carbocycles. The van der Waals surface area contributed by atoms with E-state index in [-0.39, 0.29) is 0 Å². The average Bonchev–Trinajstić information content (AvgIpc) is 3.60. The highest BCUT2D eigenvalue weighted by Gasteiger charge is 2.22. The molecule has 0 fully saturated rings. The summed E-state index contributed by atoms with van der Waals surface area (Å²) in [7, 11) is 0. The molecule has 0 spiro atoms. The van der Waals surface area contributed by atoms with Crippen LogP contribution >= 0.6 is 0 Å². The normalized spacial score (nSPS) is 12.1. The molecule has 0 nitrogen and oxygen atoms in total. The summed E-state index contributed by atoms with van der Waals surface area (Å²) < 4.78 is 0. The van der Waals surface area contributed by atoms with Crippen molar-refractivity contribution >= 4 is 43.1 Å². The second kappa shape index (κ2) is 11.9. The molecule has 0 bridgehead atoms. The van der Waals surface area contributed by atoms with Gasteiger partial charge in [0.25, 0.3) is 0 Å². The molecule has 0 aliphatic heterocycles. The third kappa shape index (κ3) is 4.91. The van der Waals surface area contributed by atoms with Crippen molar-refractivity contribution in [2.24, 2.45) is 0 Å². The Morgan fingerprint density at radius 1 is 0.245 bits per heavy atom. The molecular formula is C53H34. The maximum absolute atomic E-state index is 2.45. The van der Waals surface area contributed by atoms with Crippen LogP contribution < -0.4 is 0 Å². The van der Waals surface area contributed by atoms with Gasteiger partial charge in [0.1, 0.15) is 0 Å². The first kappa shape index (κ1) is 29.9. The van der Waals surface area contributed by atoms with Crippen LogP contribution in [0.4, 0.5) is 0 Å². The number of rotatable bonds is 4. The molecule has 0 amide bonds. The lowest BCUT2D eigenvalue weighted by molar-refractivity contribution is 1.26. The van der Waals surface area contributed by atoms with Crippen molar-refractivity contribution in [3.63, 3.8) is 0 Å². The summed E-state index contributed by atoms with van der Waals surface area (Å²) in [6.45, 7) is 0. The third-order valence-corrected chi connectivity index (χ3v) is 11.4. The van der Waals surface area contributed by atoms with E-state index in [1.807, 2.05) is 0 Å². The molecule has 0 heteroatoms. The van der Waals surface area contributed by atoms with E-state index >= 15 is 0 Å². The Hall–Kier alpha value is -6.76. The molecule has 0 heterocycles. The fourth-order valence-corrected chi connectivity index (χ4v) is 8.87. The number of hydrogen-bond acceptors (Lipinski definition) is 0. The van der Waals surface area contributed by atoms with E-state index < -0.39 is 0 Å². The summed E-state index contributed by atoms with van der Waals surface area (Å²) >= 11 is 0. The minimum absolute atomic E-state index is 0.973. The molecule has 1 aliphatic rings. The predicted octanol–water partition coefficient (Wildman–Crippen LogP) is 14.5. The quantitative estimate of drug-likeness (QED) is 0.164. The van der Waals surface area contributed by atoms with Gasteiger partial charge in [-0.1, -0.05) is 170 Å². The largest absolute Gasteiger partial charge is 0.0619 e. The zero-order valence-corrected chi connectivity index (χ0v) is 29.2. The lowest BCUT2D eigenvalue weighted by Crippen LogP contribution is -1.93. The van der Waals surface area contributed by atoms with Crippen LogP contribution in [-0.2, 0) is 6.42 Å². The molecule has 246 valence electrons. The summed E-state index contributed by atoms with van der Waals surface area (Å²) in [5.41, 5.74) is 15.5. The molecule has 10 aromatic carbocycles. The fourth-order valence-electron chi connectivity index (χ4n) is 8.87. The maximum atomic E-state index is 2.45. The zero-order chi connectivity index (χ0) is 34.9. The summed E-state index contributed by atoms with van der Waals surface area (Å²) in [5.74, 6) is 0. The topological polar surface area (TPSA) is 0 Å². The molecule has 0 unspecified atom stereocenters. The van der Waals surface area contributed by atoms with Crippen LogP contribution in [0.1, 0.15) is 11.1 Å². The highest BCUT2D eigenvalue weighted by atomic mass is 14.3. The molecule has 11 rings (SSSR count). The Morgan fingerprint density at radius 2 is 0.736 bits per heavy atom. The summed E-state index contributed by atoms with van der Waals surface area (Å²) in [6, 6.07) is 72.2. The van der Waals surface area contributed by atoms with E-state index in [9.17, 15) is 0 Å². The van der Waals surface area contributed by atoms with Gasteiger partial charge in [0.15, 0.2) is 0 Å². The van der Waals surface area contributed by atoms with E-state index in [0.29, 0.717) is 0 Å². The van der Waals surface area contributed by atoms with Gasteiger partial charge < -0.3 is 0 Å². The second-order valence-electron chi connectivity index (χ2n) is 14.5. The predicted molar refractivity (Wildman–Crippen MR) is 226 cm³/mol. The summed E-state index contributed by atoms with van der Waals surface area (Å²) in [4.78, 5) is 0. The fraction of sp³-hybridized carbons (Fsp3) is 0.0189. The maximum Gasteiger partial charge on any atom is -0.00132 e. The van der Waals surface area contributed by atoms with Crippen molar-refractivity contribution in [1.29, 1.82) is 0 Å². The van der Waals surface area contributed by atoms with E-state index in [1.165, 1.54) is 110 Å². The van der Waals surface area contributed by atoms with Gasteiger partial charge in [0, 0.05) is 0 Å². The zero-order valence-electron chi connectivity index (χ0n) is 29.2. The van der Waals surface area contributed by atoms with Gasteiger partial charge in [-0.05, 0) is 141 Å². The number of fused-ring (bicyclic) bond motifs is 7. The van der Waals surface area contributed by atoms with Crippen LogP contribution in [0, 0.1) is 0 Å². The second-order valence-corrected chi connectivity index (χ2v) is 14.5. The van der Waals surface area contributed by atoms with Gasteiger partial charge in [-0.25, -0.2) is 0 Å². The Bertz CT molecular complexity index is 3090. The number of hydrogen-bond donors (Lipinski definition) is 0. The van der Waals surface area contributed by atoms with Gasteiger partial charge in [0.2, 0.25) is 0 Å². The lowest BCUT2D eigenvalue weighted by Gasteiger charge is -2.20. The molecule has 0 atom stereocenters. The Balaban J connectivity index is 1.17. The standard InChI is InChI=1S/C53H34/c1-3-12-36-28-39(22-20-34(36)10-1)38-15-9-16-43(30-38)53-49-19-8-7-18-48(49)52(44-25-26-47-45(32-44)31-42-14-5-6-17-46(42)47)50-27-24-41(33-51(50)53)40-23-21-35-11-2-4-13-37(35)29-40/h1-30,32-33H,31H2. The SMILES string of the molecule is c1cc(-c2ccc3ccccc3c2)cc(-c2c3ccccc3c(-c3ccc4c(c3)Cc3ccccc3-4)c3ccc(-c4ccc5ccccc5c4)cc23)c1. The van der Waals surface area contributed by atoms with Crippen molar-refractivity contribution in [2.75, 3.05) is 0 Å². The molecule has 0 saturated heterocycles. The Labute approximate surface area is 309 Å². The van der Waals surface area contributed by atoms with Crippen LogP contribution in [0.5, 0.6) is 0 Å². The van der Waals surface area contributed by atoms with E-state index in [0.717, 1.165) is 6.42 Å². The van der Waals surface area contributed by atoms with Crippen LogP contribution in [-0.4, -0.2) is 0 Å². The van der Waals surface area contributed by atoms with Crippen molar-refractivity contribution in [2.45, 2.75) is 6.42 Å². The average molecular weight is 671 g/mol. The van der Waals surface area contributed by atoms with Gasteiger partial charge in [-0.2, -0.15) is 0 Å². The molecule has 1 aliphatic carbocycles. The monoisotopic (exact) mass is 670 g/mol. The number of benzene rings is 10. The van der Waals surface area contributed by atoms with Crippen LogP contribution in [0.2, 0.25) is 0 Å². The first-order valence-corrected chi connectivity index (χ1v) is 18.5. The smallest absolute Gasteiger partial charge is 0.00132 e.